The first-order valence-electron chi connectivity index (χ1n) is 6.79. The Hall–Kier alpha value is -1.03. The molecule has 19 heavy (non-hydrogen) atoms. The van der Waals surface area contributed by atoms with E-state index in [1.807, 2.05) is 30.3 Å². The number of para-hydroxylation sites is 1. The van der Waals surface area contributed by atoms with Gasteiger partial charge in [-0.25, -0.2) is 0 Å². The van der Waals surface area contributed by atoms with E-state index in [1.165, 1.54) is 19.3 Å². The molecule has 1 N–H and O–H groups in total. The minimum Gasteiger partial charge on any atom is -0.484 e. The van der Waals surface area contributed by atoms with E-state index in [2.05, 4.69) is 21.2 Å². The third-order valence-electron chi connectivity index (χ3n) is 3.58. The van der Waals surface area contributed by atoms with Gasteiger partial charge in [0.2, 0.25) is 0 Å². The lowest BCUT2D eigenvalue weighted by atomic mass is 9.83. The summed E-state index contributed by atoms with van der Waals surface area (Å²) in [5.74, 6) is 0.694. The van der Waals surface area contributed by atoms with Gasteiger partial charge in [0.25, 0.3) is 5.91 Å². The summed E-state index contributed by atoms with van der Waals surface area (Å²) in [6.07, 6.45) is 5.74. The zero-order valence-electron chi connectivity index (χ0n) is 11.0. The number of alkyl halides is 1. The van der Waals surface area contributed by atoms with Gasteiger partial charge >= 0.3 is 0 Å². The predicted octanol–water partition coefficient (Wildman–Crippen LogP) is 3.28. The van der Waals surface area contributed by atoms with Crippen LogP contribution < -0.4 is 10.1 Å². The van der Waals surface area contributed by atoms with E-state index in [-0.39, 0.29) is 18.1 Å². The number of nitrogens with one attached hydrogen (secondary N) is 1. The average molecular weight is 326 g/mol. The first-order valence-corrected chi connectivity index (χ1v) is 7.91. The summed E-state index contributed by atoms with van der Waals surface area (Å²) in [5, 5.41) is 3.96. The first-order chi connectivity index (χ1) is 9.24. The number of ether oxygens (including phenoxy) is 1. The van der Waals surface area contributed by atoms with E-state index in [9.17, 15) is 4.79 Å². The van der Waals surface area contributed by atoms with Gasteiger partial charge < -0.3 is 10.1 Å². The number of benzene rings is 1. The van der Waals surface area contributed by atoms with Crippen LogP contribution in [0.15, 0.2) is 30.3 Å². The predicted molar refractivity (Wildman–Crippen MR) is 79.7 cm³/mol. The van der Waals surface area contributed by atoms with Gasteiger partial charge in [-0.05, 0) is 25.0 Å². The van der Waals surface area contributed by atoms with Gasteiger partial charge in [-0.2, -0.15) is 0 Å². The number of carbonyl (C=O) groups excluding carboxylic acids is 1. The normalized spacial score (nSPS) is 17.7. The Labute approximate surface area is 122 Å². The minimum absolute atomic E-state index is 0.0368. The maximum atomic E-state index is 12.0. The number of rotatable bonds is 5. The summed E-state index contributed by atoms with van der Waals surface area (Å²) in [4.78, 5) is 12.0. The first kappa shape index (κ1) is 14.4. The molecule has 0 aliphatic heterocycles. The van der Waals surface area contributed by atoms with Crippen molar-refractivity contribution in [3.63, 3.8) is 0 Å². The van der Waals surface area contributed by atoms with Crippen molar-refractivity contribution in [3.05, 3.63) is 30.3 Å². The molecule has 1 aliphatic rings. The van der Waals surface area contributed by atoms with Crippen LogP contribution in [-0.2, 0) is 4.79 Å². The van der Waals surface area contributed by atoms with Crippen molar-refractivity contribution in [2.45, 2.75) is 37.6 Å². The Bertz CT molecular complexity index is 402. The van der Waals surface area contributed by atoms with Crippen LogP contribution in [0.1, 0.15) is 32.1 Å². The zero-order chi connectivity index (χ0) is 13.6. The van der Waals surface area contributed by atoms with Crippen LogP contribution in [0.2, 0.25) is 0 Å². The van der Waals surface area contributed by atoms with Gasteiger partial charge in [0.05, 0.1) is 0 Å². The lowest BCUT2D eigenvalue weighted by Crippen LogP contribution is -2.52. The molecule has 1 aromatic carbocycles. The van der Waals surface area contributed by atoms with Crippen molar-refractivity contribution >= 4 is 21.8 Å². The van der Waals surface area contributed by atoms with Crippen molar-refractivity contribution in [2.24, 2.45) is 0 Å². The van der Waals surface area contributed by atoms with Gasteiger partial charge in [0.1, 0.15) is 5.75 Å². The van der Waals surface area contributed by atoms with Crippen LogP contribution in [0, 0.1) is 0 Å². The lowest BCUT2D eigenvalue weighted by molar-refractivity contribution is -0.125. The summed E-state index contributed by atoms with van der Waals surface area (Å²) in [5.41, 5.74) is -0.0740. The smallest absolute Gasteiger partial charge is 0.258 e. The molecule has 0 atom stereocenters. The molecule has 1 fully saturated rings. The molecule has 0 bridgehead atoms. The molecule has 1 aliphatic carbocycles. The quantitative estimate of drug-likeness (QED) is 0.844. The Morgan fingerprint density at radius 3 is 2.53 bits per heavy atom. The molecule has 0 unspecified atom stereocenters. The molecular weight excluding hydrogens is 306 g/mol. The highest BCUT2D eigenvalue weighted by Crippen LogP contribution is 2.29. The maximum Gasteiger partial charge on any atom is 0.258 e. The summed E-state index contributed by atoms with van der Waals surface area (Å²) in [7, 11) is 0. The maximum absolute atomic E-state index is 12.0. The van der Waals surface area contributed by atoms with Gasteiger partial charge in [-0.3, -0.25) is 4.79 Å². The summed E-state index contributed by atoms with van der Waals surface area (Å²) in [6, 6.07) is 9.43. The van der Waals surface area contributed by atoms with Crippen molar-refractivity contribution in [2.75, 3.05) is 11.9 Å². The molecule has 0 saturated heterocycles. The summed E-state index contributed by atoms with van der Waals surface area (Å²) < 4.78 is 5.47. The highest BCUT2D eigenvalue weighted by atomic mass is 79.9. The second kappa shape index (κ2) is 6.94. The van der Waals surface area contributed by atoms with Gasteiger partial charge in [-0.15, -0.1) is 0 Å². The van der Waals surface area contributed by atoms with E-state index < -0.39 is 0 Å². The highest BCUT2D eigenvalue weighted by molar-refractivity contribution is 9.09. The molecule has 3 nitrogen and oxygen atoms in total. The fraction of sp³-hybridized carbons (Fsp3) is 0.533. The third-order valence-corrected chi connectivity index (χ3v) is 4.66. The molecule has 0 radical (unpaired) electrons. The van der Waals surface area contributed by atoms with Gasteiger partial charge in [0, 0.05) is 10.9 Å². The molecule has 0 heterocycles. The number of amides is 1. The number of halogens is 1. The molecule has 104 valence electrons. The van der Waals surface area contributed by atoms with Crippen LogP contribution in [0.4, 0.5) is 0 Å². The van der Waals surface area contributed by atoms with E-state index >= 15 is 0 Å². The van der Waals surface area contributed by atoms with Crippen LogP contribution in [0.5, 0.6) is 5.75 Å². The number of carbonyl (C=O) groups is 1. The molecular formula is C15H20BrNO2. The second-order valence-corrected chi connectivity index (χ2v) is 5.69. The summed E-state index contributed by atoms with van der Waals surface area (Å²) >= 11 is 3.54. The van der Waals surface area contributed by atoms with Crippen molar-refractivity contribution in [1.29, 1.82) is 0 Å². The zero-order valence-corrected chi connectivity index (χ0v) is 12.6. The monoisotopic (exact) mass is 325 g/mol. The van der Waals surface area contributed by atoms with Crippen LogP contribution in [0.25, 0.3) is 0 Å². The van der Waals surface area contributed by atoms with Crippen LogP contribution in [-0.4, -0.2) is 23.4 Å². The second-order valence-electron chi connectivity index (χ2n) is 5.12. The molecule has 1 amide bonds. The molecule has 1 aromatic rings. The fourth-order valence-electron chi connectivity index (χ4n) is 2.52. The highest BCUT2D eigenvalue weighted by Gasteiger charge is 2.32. The Morgan fingerprint density at radius 1 is 1.21 bits per heavy atom. The Balaban J connectivity index is 1.83. The topological polar surface area (TPSA) is 38.3 Å². The van der Waals surface area contributed by atoms with Crippen molar-refractivity contribution < 1.29 is 9.53 Å². The molecule has 0 aromatic heterocycles. The van der Waals surface area contributed by atoms with Crippen molar-refractivity contribution in [3.8, 4) is 5.75 Å². The molecule has 0 spiro atoms. The SMILES string of the molecule is O=C(COc1ccccc1)NC1(CBr)CCCCC1. The van der Waals surface area contributed by atoms with Gasteiger partial charge in [-0.1, -0.05) is 53.4 Å². The molecule has 1 saturated carbocycles. The third kappa shape index (κ3) is 4.23. The van der Waals surface area contributed by atoms with Gasteiger partial charge in [0.15, 0.2) is 6.61 Å². The number of hydrogen-bond acceptors (Lipinski definition) is 2. The largest absolute Gasteiger partial charge is 0.484 e. The Morgan fingerprint density at radius 2 is 1.89 bits per heavy atom. The number of hydrogen-bond donors (Lipinski definition) is 1. The average Bonchev–Trinajstić information content (AvgIpc) is 2.47. The van der Waals surface area contributed by atoms with E-state index in [0.29, 0.717) is 0 Å². The van der Waals surface area contributed by atoms with E-state index in [0.717, 1.165) is 23.9 Å². The van der Waals surface area contributed by atoms with E-state index in [1.54, 1.807) is 0 Å². The Kier molecular flexibility index (Phi) is 5.25. The van der Waals surface area contributed by atoms with Crippen LogP contribution in [0.3, 0.4) is 0 Å². The fourth-order valence-corrected chi connectivity index (χ4v) is 3.22. The van der Waals surface area contributed by atoms with Crippen molar-refractivity contribution in [1.82, 2.24) is 5.32 Å². The lowest BCUT2D eigenvalue weighted by Gasteiger charge is -2.36. The standard InChI is InChI=1S/C15H20BrNO2/c16-12-15(9-5-2-6-10-15)17-14(18)11-19-13-7-3-1-4-8-13/h1,3-4,7-8H,2,5-6,9-12H2,(H,17,18). The van der Waals surface area contributed by atoms with E-state index in [4.69, 9.17) is 4.74 Å². The van der Waals surface area contributed by atoms with Crippen LogP contribution >= 0.6 is 15.9 Å². The molecule has 4 heteroatoms. The summed E-state index contributed by atoms with van der Waals surface area (Å²) in [6.45, 7) is 0.0821. The minimum atomic E-state index is -0.0740. The molecule has 2 rings (SSSR count).